The Bertz CT molecular complexity index is 731. The fraction of sp³-hybridized carbons (Fsp3) is 0.176. The van der Waals surface area contributed by atoms with Crippen molar-refractivity contribution >= 4 is 29.2 Å². The van der Waals surface area contributed by atoms with Crippen molar-refractivity contribution < 1.29 is 14.7 Å². The Hall–Kier alpha value is -2.33. The number of carbonyl (C=O) groups excluding carboxylic acids is 1. The first-order chi connectivity index (χ1) is 10.5. The van der Waals surface area contributed by atoms with Crippen molar-refractivity contribution in [2.75, 3.05) is 4.90 Å². The van der Waals surface area contributed by atoms with Crippen LogP contribution in [0.4, 0.5) is 5.69 Å². The molecule has 2 atom stereocenters. The predicted molar refractivity (Wildman–Crippen MR) is 84.6 cm³/mol. The molecule has 112 valence electrons. The van der Waals surface area contributed by atoms with Crippen molar-refractivity contribution in [3.05, 3.63) is 64.9 Å². The van der Waals surface area contributed by atoms with Crippen molar-refractivity contribution in [1.29, 1.82) is 0 Å². The lowest BCUT2D eigenvalue weighted by Gasteiger charge is -2.17. The van der Waals surface area contributed by atoms with E-state index in [-0.39, 0.29) is 11.8 Å². The number of nitrogens with zero attached hydrogens (tertiary/aromatic N) is 1. The lowest BCUT2D eigenvalue weighted by molar-refractivity contribution is -0.138. The van der Waals surface area contributed by atoms with Crippen LogP contribution >= 0.6 is 11.6 Å². The number of allylic oxidation sites excluding steroid dienone is 3. The molecule has 1 aromatic rings. The summed E-state index contributed by atoms with van der Waals surface area (Å²) in [5.74, 6) is -1.84. The third kappa shape index (κ3) is 2.46. The minimum Gasteiger partial charge on any atom is -0.481 e. The third-order valence-corrected chi connectivity index (χ3v) is 4.20. The molecule has 3 rings (SSSR count). The Kier molecular flexibility index (Phi) is 3.62. The first-order valence-corrected chi connectivity index (χ1v) is 7.28. The summed E-state index contributed by atoms with van der Waals surface area (Å²) in [5, 5.41) is 9.58. The largest absolute Gasteiger partial charge is 0.481 e. The Morgan fingerprint density at radius 1 is 1.27 bits per heavy atom. The van der Waals surface area contributed by atoms with E-state index in [1.54, 1.807) is 54.4 Å². The van der Waals surface area contributed by atoms with Gasteiger partial charge in [0, 0.05) is 16.9 Å². The molecule has 1 aromatic carbocycles. The van der Waals surface area contributed by atoms with Gasteiger partial charge < -0.3 is 5.11 Å². The maximum absolute atomic E-state index is 12.5. The highest BCUT2D eigenvalue weighted by molar-refractivity contribution is 6.31. The molecule has 0 radical (unpaired) electrons. The summed E-state index contributed by atoms with van der Waals surface area (Å²) in [6, 6.07) is 6.99. The molecule has 2 aliphatic rings. The lowest BCUT2D eigenvalue weighted by atomic mass is 9.97. The number of amides is 1. The zero-order valence-corrected chi connectivity index (χ0v) is 12.6. The topological polar surface area (TPSA) is 57.6 Å². The maximum Gasteiger partial charge on any atom is 0.310 e. The van der Waals surface area contributed by atoms with Crippen molar-refractivity contribution in [3.8, 4) is 0 Å². The molecule has 1 amide bonds. The molecular formula is C17H14ClNO3. The molecule has 22 heavy (non-hydrogen) atoms. The van der Waals surface area contributed by atoms with Crippen molar-refractivity contribution in [2.24, 2.45) is 5.92 Å². The van der Waals surface area contributed by atoms with E-state index >= 15 is 0 Å². The van der Waals surface area contributed by atoms with Crippen LogP contribution in [0.1, 0.15) is 18.4 Å². The number of carboxylic acid groups (broad SMARTS) is 1. The number of halogens is 1. The molecule has 0 spiro atoms. The summed E-state index contributed by atoms with van der Waals surface area (Å²) < 4.78 is 0. The molecule has 0 saturated carbocycles. The van der Waals surface area contributed by atoms with E-state index in [2.05, 4.69) is 0 Å². The fourth-order valence-electron chi connectivity index (χ4n) is 2.56. The van der Waals surface area contributed by atoms with Gasteiger partial charge in [-0.05, 0) is 42.3 Å². The van der Waals surface area contributed by atoms with E-state index in [0.717, 1.165) is 5.57 Å². The predicted octanol–water partition coefficient (Wildman–Crippen LogP) is 3.41. The first kappa shape index (κ1) is 14.6. The minimum atomic E-state index is -0.872. The number of rotatable bonds is 3. The molecule has 1 heterocycles. The van der Waals surface area contributed by atoms with Crippen LogP contribution < -0.4 is 4.90 Å². The van der Waals surface area contributed by atoms with Crippen LogP contribution in [0.25, 0.3) is 0 Å². The molecule has 1 aliphatic heterocycles. The van der Waals surface area contributed by atoms with Crippen molar-refractivity contribution in [3.63, 3.8) is 0 Å². The number of aliphatic carboxylic acids is 1. The number of benzene rings is 1. The summed E-state index contributed by atoms with van der Waals surface area (Å²) in [7, 11) is 0. The second-order valence-electron chi connectivity index (χ2n) is 5.35. The Labute approximate surface area is 133 Å². The molecular weight excluding hydrogens is 302 g/mol. The van der Waals surface area contributed by atoms with Gasteiger partial charge in [-0.15, -0.1) is 0 Å². The number of carbonyl (C=O) groups is 2. The molecule has 0 fully saturated rings. The van der Waals surface area contributed by atoms with Gasteiger partial charge in [-0.1, -0.05) is 29.8 Å². The van der Waals surface area contributed by atoms with Crippen LogP contribution in [0.5, 0.6) is 0 Å². The fourth-order valence-corrected chi connectivity index (χ4v) is 2.75. The third-order valence-electron chi connectivity index (χ3n) is 3.94. The summed E-state index contributed by atoms with van der Waals surface area (Å²) in [4.78, 5) is 25.0. The highest BCUT2D eigenvalue weighted by Crippen LogP contribution is 2.34. The molecule has 1 aliphatic carbocycles. The molecule has 1 N–H and O–H groups in total. The molecule has 5 heteroatoms. The molecule has 0 saturated heterocycles. The van der Waals surface area contributed by atoms with Gasteiger partial charge in [-0.3, -0.25) is 14.5 Å². The van der Waals surface area contributed by atoms with Crippen molar-refractivity contribution in [2.45, 2.75) is 12.8 Å². The summed E-state index contributed by atoms with van der Waals surface area (Å²) >= 11 is 5.95. The highest BCUT2D eigenvalue weighted by atomic mass is 35.5. The van der Waals surface area contributed by atoms with E-state index in [9.17, 15) is 9.59 Å². The maximum atomic E-state index is 12.5. The zero-order valence-electron chi connectivity index (χ0n) is 11.9. The van der Waals surface area contributed by atoms with Crippen LogP contribution in [0, 0.1) is 5.92 Å². The highest BCUT2D eigenvalue weighted by Gasteiger charge is 2.33. The summed E-state index contributed by atoms with van der Waals surface area (Å²) in [6.45, 7) is 1.63. The van der Waals surface area contributed by atoms with Gasteiger partial charge in [0.2, 0.25) is 5.91 Å². The SMILES string of the molecule is CC(C(=O)O)c1ccc(N2C=C3C=CC(Cl)=CC3C2=O)cc1. The molecule has 4 nitrogen and oxygen atoms in total. The van der Waals surface area contributed by atoms with Crippen LogP contribution in [0.3, 0.4) is 0 Å². The quantitative estimate of drug-likeness (QED) is 0.930. The molecule has 2 unspecified atom stereocenters. The van der Waals surface area contributed by atoms with Gasteiger partial charge in [0.15, 0.2) is 0 Å². The minimum absolute atomic E-state index is 0.0588. The van der Waals surface area contributed by atoms with Crippen molar-refractivity contribution in [1.82, 2.24) is 0 Å². The Balaban J connectivity index is 1.87. The van der Waals surface area contributed by atoms with Crippen LogP contribution in [0.2, 0.25) is 0 Å². The Morgan fingerprint density at radius 3 is 2.59 bits per heavy atom. The van der Waals surface area contributed by atoms with Gasteiger partial charge in [0.1, 0.15) is 0 Å². The van der Waals surface area contributed by atoms with Gasteiger partial charge in [0.05, 0.1) is 11.8 Å². The second kappa shape index (κ2) is 5.46. The number of hydrogen-bond acceptors (Lipinski definition) is 2. The van der Waals surface area contributed by atoms with Crippen LogP contribution in [0.15, 0.2) is 59.3 Å². The summed E-state index contributed by atoms with van der Waals surface area (Å²) in [6.07, 6.45) is 7.12. The lowest BCUT2D eigenvalue weighted by Crippen LogP contribution is -2.25. The van der Waals surface area contributed by atoms with Gasteiger partial charge in [0.25, 0.3) is 0 Å². The molecule has 0 bridgehead atoms. The normalized spacial score (nSPS) is 21.3. The van der Waals surface area contributed by atoms with E-state index in [4.69, 9.17) is 16.7 Å². The van der Waals surface area contributed by atoms with E-state index in [1.165, 1.54) is 0 Å². The summed E-state index contributed by atoms with van der Waals surface area (Å²) in [5.41, 5.74) is 2.32. The Morgan fingerprint density at radius 2 is 1.95 bits per heavy atom. The van der Waals surface area contributed by atoms with E-state index < -0.39 is 11.9 Å². The number of hydrogen-bond donors (Lipinski definition) is 1. The molecule has 0 aromatic heterocycles. The monoisotopic (exact) mass is 315 g/mol. The zero-order chi connectivity index (χ0) is 15.9. The number of anilines is 1. The van der Waals surface area contributed by atoms with Gasteiger partial charge >= 0.3 is 5.97 Å². The first-order valence-electron chi connectivity index (χ1n) is 6.90. The number of carboxylic acids is 1. The average molecular weight is 316 g/mol. The number of fused-ring (bicyclic) bond motifs is 1. The van der Waals surface area contributed by atoms with Crippen LogP contribution in [-0.4, -0.2) is 17.0 Å². The standard InChI is InChI=1S/C17H14ClNO3/c1-10(17(21)22)11-3-6-14(7-4-11)19-9-12-2-5-13(18)8-15(12)16(19)20/h2-10,15H,1H3,(H,21,22). The van der Waals surface area contributed by atoms with E-state index in [0.29, 0.717) is 16.3 Å². The van der Waals surface area contributed by atoms with Gasteiger partial charge in [-0.25, -0.2) is 0 Å². The van der Waals surface area contributed by atoms with Crippen LogP contribution in [-0.2, 0) is 9.59 Å². The second-order valence-corrected chi connectivity index (χ2v) is 5.79. The smallest absolute Gasteiger partial charge is 0.310 e. The van der Waals surface area contributed by atoms with Gasteiger partial charge in [-0.2, -0.15) is 0 Å². The average Bonchev–Trinajstić information content (AvgIpc) is 2.83. The van der Waals surface area contributed by atoms with E-state index in [1.807, 2.05) is 6.08 Å².